The van der Waals surface area contributed by atoms with Gasteiger partial charge < -0.3 is 10.6 Å². The molecule has 122 valence electrons. The standard InChI is InChI=1S/C16H22N6O/c1-12-4-2-3-5-15(12)19-16(23)10-17-13-6-8-14(9-7-13)22-11-18-20-21-22/h6-9,11-12,15,17H,2-5,10H2,1H3,(H,19,23)/t12-,15+/m0/s1. The first kappa shape index (κ1) is 15.5. The molecule has 1 aromatic heterocycles. The average Bonchev–Trinajstić information content (AvgIpc) is 3.10. The van der Waals surface area contributed by atoms with Gasteiger partial charge in [-0.1, -0.05) is 19.8 Å². The van der Waals surface area contributed by atoms with Crippen LogP contribution in [0.5, 0.6) is 0 Å². The molecule has 0 unspecified atom stereocenters. The minimum Gasteiger partial charge on any atom is -0.376 e. The fraction of sp³-hybridized carbons (Fsp3) is 0.500. The fourth-order valence-corrected chi connectivity index (χ4v) is 2.98. The predicted octanol–water partition coefficient (Wildman–Crippen LogP) is 1.77. The first-order valence-electron chi connectivity index (χ1n) is 8.09. The number of anilines is 1. The number of nitrogens with zero attached hydrogens (tertiary/aromatic N) is 4. The minimum absolute atomic E-state index is 0.0494. The van der Waals surface area contributed by atoms with Crippen molar-refractivity contribution in [3.05, 3.63) is 30.6 Å². The Bertz CT molecular complexity index is 625. The summed E-state index contributed by atoms with van der Waals surface area (Å²) in [7, 11) is 0. The third kappa shape index (κ3) is 4.06. The molecule has 1 fully saturated rings. The molecular weight excluding hydrogens is 292 g/mol. The number of hydrogen-bond donors (Lipinski definition) is 2. The number of tetrazole rings is 1. The molecule has 0 bridgehead atoms. The third-order valence-electron chi connectivity index (χ3n) is 4.39. The number of amides is 1. The van der Waals surface area contributed by atoms with E-state index >= 15 is 0 Å². The molecule has 1 amide bonds. The summed E-state index contributed by atoms with van der Waals surface area (Å²) in [5.41, 5.74) is 1.77. The highest BCUT2D eigenvalue weighted by Crippen LogP contribution is 2.23. The Morgan fingerprint density at radius 3 is 2.74 bits per heavy atom. The van der Waals surface area contributed by atoms with Gasteiger partial charge in [0.25, 0.3) is 0 Å². The first-order chi connectivity index (χ1) is 11.2. The van der Waals surface area contributed by atoms with Crippen molar-refractivity contribution in [2.24, 2.45) is 5.92 Å². The lowest BCUT2D eigenvalue weighted by molar-refractivity contribution is -0.120. The molecule has 7 nitrogen and oxygen atoms in total. The van der Waals surface area contributed by atoms with Crippen LogP contribution in [-0.4, -0.2) is 38.7 Å². The number of aromatic nitrogens is 4. The smallest absolute Gasteiger partial charge is 0.239 e. The lowest BCUT2D eigenvalue weighted by atomic mass is 9.86. The molecule has 1 heterocycles. The molecule has 2 N–H and O–H groups in total. The Hall–Kier alpha value is -2.44. The minimum atomic E-state index is 0.0494. The molecule has 23 heavy (non-hydrogen) atoms. The monoisotopic (exact) mass is 314 g/mol. The SMILES string of the molecule is C[C@H]1CCCC[C@H]1NC(=O)CNc1ccc(-n2cnnn2)cc1. The van der Waals surface area contributed by atoms with Gasteiger partial charge in [0.1, 0.15) is 6.33 Å². The summed E-state index contributed by atoms with van der Waals surface area (Å²) in [5.74, 6) is 0.622. The normalized spacial score (nSPS) is 20.9. The van der Waals surface area contributed by atoms with E-state index in [-0.39, 0.29) is 12.5 Å². The largest absolute Gasteiger partial charge is 0.376 e. The zero-order valence-electron chi connectivity index (χ0n) is 13.3. The van der Waals surface area contributed by atoms with Crippen LogP contribution >= 0.6 is 0 Å². The second-order valence-electron chi connectivity index (χ2n) is 6.09. The molecule has 7 heteroatoms. The van der Waals surface area contributed by atoms with Crippen LogP contribution in [0.15, 0.2) is 30.6 Å². The van der Waals surface area contributed by atoms with Crippen molar-refractivity contribution in [1.82, 2.24) is 25.5 Å². The van der Waals surface area contributed by atoms with Crippen LogP contribution in [0.25, 0.3) is 5.69 Å². The van der Waals surface area contributed by atoms with Gasteiger partial charge in [-0.2, -0.15) is 0 Å². The molecule has 0 radical (unpaired) electrons. The number of rotatable bonds is 5. The summed E-state index contributed by atoms with van der Waals surface area (Å²) >= 11 is 0. The van der Waals surface area contributed by atoms with E-state index in [9.17, 15) is 4.79 Å². The van der Waals surface area contributed by atoms with Crippen LogP contribution in [0.2, 0.25) is 0 Å². The van der Waals surface area contributed by atoms with Crippen molar-refractivity contribution >= 4 is 11.6 Å². The number of nitrogens with one attached hydrogen (secondary N) is 2. The van der Waals surface area contributed by atoms with Gasteiger partial charge in [-0.15, -0.1) is 5.10 Å². The maximum Gasteiger partial charge on any atom is 0.239 e. The van der Waals surface area contributed by atoms with Gasteiger partial charge >= 0.3 is 0 Å². The lowest BCUT2D eigenvalue weighted by Crippen LogP contribution is -2.43. The van der Waals surface area contributed by atoms with E-state index in [0.29, 0.717) is 12.0 Å². The van der Waals surface area contributed by atoms with Gasteiger partial charge in [-0.05, 0) is 53.5 Å². The van der Waals surface area contributed by atoms with Crippen LogP contribution in [-0.2, 0) is 4.79 Å². The molecule has 1 aliphatic rings. The molecule has 3 rings (SSSR count). The Morgan fingerprint density at radius 2 is 2.04 bits per heavy atom. The van der Waals surface area contributed by atoms with E-state index in [4.69, 9.17) is 0 Å². The van der Waals surface area contributed by atoms with E-state index in [2.05, 4.69) is 33.1 Å². The third-order valence-corrected chi connectivity index (χ3v) is 4.39. The fourth-order valence-electron chi connectivity index (χ4n) is 2.98. The van der Waals surface area contributed by atoms with Crippen molar-refractivity contribution in [2.45, 2.75) is 38.6 Å². The van der Waals surface area contributed by atoms with Gasteiger partial charge in [0, 0.05) is 11.7 Å². The summed E-state index contributed by atoms with van der Waals surface area (Å²) in [6, 6.07) is 7.95. The molecule has 0 spiro atoms. The predicted molar refractivity (Wildman–Crippen MR) is 87.2 cm³/mol. The highest BCUT2D eigenvalue weighted by Gasteiger charge is 2.22. The highest BCUT2D eigenvalue weighted by molar-refractivity contribution is 5.81. The first-order valence-corrected chi connectivity index (χ1v) is 8.09. The maximum atomic E-state index is 12.1. The van der Waals surface area contributed by atoms with Gasteiger partial charge in [0.2, 0.25) is 5.91 Å². The van der Waals surface area contributed by atoms with E-state index in [1.807, 2.05) is 24.3 Å². The number of carbonyl (C=O) groups is 1. The van der Waals surface area contributed by atoms with E-state index in [1.54, 1.807) is 11.0 Å². The highest BCUT2D eigenvalue weighted by atomic mass is 16.2. The van der Waals surface area contributed by atoms with Crippen molar-refractivity contribution in [3.8, 4) is 5.69 Å². The summed E-state index contributed by atoms with van der Waals surface area (Å²) in [6.07, 6.45) is 6.33. The summed E-state index contributed by atoms with van der Waals surface area (Å²) < 4.78 is 1.58. The number of hydrogen-bond acceptors (Lipinski definition) is 5. The summed E-state index contributed by atoms with van der Waals surface area (Å²) in [4.78, 5) is 12.1. The maximum absolute atomic E-state index is 12.1. The zero-order valence-corrected chi connectivity index (χ0v) is 13.3. The zero-order chi connectivity index (χ0) is 16.1. The summed E-state index contributed by atoms with van der Waals surface area (Å²) in [6.45, 7) is 2.50. The van der Waals surface area contributed by atoms with Gasteiger partial charge in [0.05, 0.1) is 12.2 Å². The number of carbonyl (C=O) groups excluding carboxylic acids is 1. The van der Waals surface area contributed by atoms with Crippen molar-refractivity contribution in [1.29, 1.82) is 0 Å². The van der Waals surface area contributed by atoms with E-state index < -0.39 is 0 Å². The molecule has 0 aliphatic heterocycles. The van der Waals surface area contributed by atoms with Gasteiger partial charge in [-0.25, -0.2) is 4.68 Å². The molecular formula is C16H22N6O. The van der Waals surface area contributed by atoms with E-state index in [0.717, 1.165) is 17.8 Å². The van der Waals surface area contributed by atoms with Crippen LogP contribution < -0.4 is 10.6 Å². The Morgan fingerprint density at radius 1 is 1.26 bits per heavy atom. The topological polar surface area (TPSA) is 84.7 Å². The molecule has 1 aromatic carbocycles. The second-order valence-corrected chi connectivity index (χ2v) is 6.09. The van der Waals surface area contributed by atoms with Crippen LogP contribution in [0.4, 0.5) is 5.69 Å². The van der Waals surface area contributed by atoms with E-state index in [1.165, 1.54) is 19.3 Å². The quantitative estimate of drug-likeness (QED) is 0.878. The van der Waals surface area contributed by atoms with Crippen molar-refractivity contribution in [3.63, 3.8) is 0 Å². The average molecular weight is 314 g/mol. The molecule has 1 aliphatic carbocycles. The van der Waals surface area contributed by atoms with Crippen LogP contribution in [0.3, 0.4) is 0 Å². The van der Waals surface area contributed by atoms with Gasteiger partial charge in [-0.3, -0.25) is 4.79 Å². The lowest BCUT2D eigenvalue weighted by Gasteiger charge is -2.29. The Kier molecular flexibility index (Phi) is 4.85. The number of benzene rings is 1. The van der Waals surface area contributed by atoms with Crippen molar-refractivity contribution in [2.75, 3.05) is 11.9 Å². The second kappa shape index (κ2) is 7.21. The molecule has 0 saturated heterocycles. The Labute approximate surface area is 135 Å². The molecule has 1 saturated carbocycles. The van der Waals surface area contributed by atoms with Crippen molar-refractivity contribution < 1.29 is 4.79 Å². The van der Waals surface area contributed by atoms with Crippen LogP contribution in [0.1, 0.15) is 32.6 Å². The Balaban J connectivity index is 1.49. The van der Waals surface area contributed by atoms with Gasteiger partial charge in [0.15, 0.2) is 0 Å². The molecule has 2 aromatic rings. The molecule has 2 atom stereocenters. The summed E-state index contributed by atoms with van der Waals surface area (Å²) in [5, 5.41) is 17.3. The van der Waals surface area contributed by atoms with Crippen LogP contribution in [0, 0.1) is 5.92 Å².